The van der Waals surface area contributed by atoms with E-state index in [1.807, 2.05) is 6.07 Å². The Hall–Kier alpha value is -3.68. The monoisotopic (exact) mass is 422 g/mol. The summed E-state index contributed by atoms with van der Waals surface area (Å²) >= 11 is 0. The number of para-hydroxylation sites is 1. The molecule has 0 radical (unpaired) electrons. The average Bonchev–Trinajstić information content (AvgIpc) is 2.78. The third kappa shape index (κ3) is 6.40. The van der Waals surface area contributed by atoms with Gasteiger partial charge in [-0.25, -0.2) is 4.98 Å². The highest BCUT2D eigenvalue weighted by molar-refractivity contribution is 5.95. The van der Waals surface area contributed by atoms with Gasteiger partial charge in [-0.05, 0) is 43.2 Å². The number of ether oxygens (including phenoxy) is 1. The highest BCUT2D eigenvalue weighted by atomic mass is 16.5. The molecule has 0 atom stereocenters. The lowest BCUT2D eigenvalue weighted by molar-refractivity contribution is -0.140. The normalized spacial score (nSPS) is 10.6. The van der Waals surface area contributed by atoms with Gasteiger partial charge < -0.3 is 15.4 Å². The van der Waals surface area contributed by atoms with Crippen molar-refractivity contribution >= 4 is 34.4 Å². The first-order valence-corrected chi connectivity index (χ1v) is 10.3. The Morgan fingerprint density at radius 1 is 1.03 bits per heavy atom. The molecule has 8 heteroatoms. The van der Waals surface area contributed by atoms with Crippen LogP contribution in [0.3, 0.4) is 0 Å². The predicted molar refractivity (Wildman–Crippen MR) is 120 cm³/mol. The molecule has 8 nitrogen and oxygen atoms in total. The second kappa shape index (κ2) is 10.9. The molecule has 31 heavy (non-hydrogen) atoms. The van der Waals surface area contributed by atoms with Gasteiger partial charge in [0.15, 0.2) is 0 Å². The standard InChI is InChI=1S/C23H26N4O4/c1-31-20(28)13-4-2-3-7-14-24-21(29)16-9-8-10-17(15-16)25-23-26-19-12-6-5-11-18(19)22(30)27-23/h5-6,8-12,15H,2-4,7,13-14H2,1H3,(H,24,29)(H2,25,26,27,30). The van der Waals surface area contributed by atoms with E-state index in [0.717, 1.165) is 25.7 Å². The van der Waals surface area contributed by atoms with Gasteiger partial charge in [-0.1, -0.05) is 31.0 Å². The van der Waals surface area contributed by atoms with Gasteiger partial charge in [0, 0.05) is 24.2 Å². The van der Waals surface area contributed by atoms with Crippen LogP contribution in [0.4, 0.5) is 11.6 Å². The van der Waals surface area contributed by atoms with E-state index in [1.165, 1.54) is 7.11 Å². The lowest BCUT2D eigenvalue weighted by atomic mass is 10.1. The Kier molecular flexibility index (Phi) is 7.75. The number of methoxy groups -OCH3 is 1. The van der Waals surface area contributed by atoms with Crippen molar-refractivity contribution in [3.8, 4) is 0 Å². The molecular weight excluding hydrogens is 396 g/mol. The largest absolute Gasteiger partial charge is 0.469 e. The van der Waals surface area contributed by atoms with Crippen LogP contribution in [-0.2, 0) is 9.53 Å². The Bertz CT molecular complexity index is 1110. The van der Waals surface area contributed by atoms with Crippen LogP contribution in [0.5, 0.6) is 0 Å². The first-order chi connectivity index (χ1) is 15.1. The molecular formula is C23H26N4O4. The molecule has 0 saturated heterocycles. The summed E-state index contributed by atoms with van der Waals surface area (Å²) in [6.07, 6.45) is 3.91. The number of esters is 1. The molecule has 0 saturated carbocycles. The molecule has 0 spiro atoms. The quantitative estimate of drug-likeness (QED) is 0.340. The van der Waals surface area contributed by atoms with Crippen molar-refractivity contribution in [2.24, 2.45) is 0 Å². The number of H-pyrrole nitrogens is 1. The number of benzene rings is 2. The van der Waals surface area contributed by atoms with Crippen LogP contribution in [-0.4, -0.2) is 35.5 Å². The number of unbranched alkanes of at least 4 members (excludes halogenated alkanes) is 3. The van der Waals surface area contributed by atoms with Gasteiger partial charge in [0.1, 0.15) is 0 Å². The average molecular weight is 422 g/mol. The van der Waals surface area contributed by atoms with Gasteiger partial charge in [0.2, 0.25) is 5.95 Å². The number of fused-ring (bicyclic) bond motifs is 1. The predicted octanol–water partition coefficient (Wildman–Crippen LogP) is 3.52. The van der Waals surface area contributed by atoms with Crippen molar-refractivity contribution in [3.05, 3.63) is 64.4 Å². The zero-order valence-corrected chi connectivity index (χ0v) is 17.4. The number of hydrogen-bond donors (Lipinski definition) is 3. The van der Waals surface area contributed by atoms with Crippen LogP contribution in [0.1, 0.15) is 42.5 Å². The van der Waals surface area contributed by atoms with Gasteiger partial charge in [0.05, 0.1) is 18.0 Å². The molecule has 3 N–H and O–H groups in total. The fraction of sp³-hybridized carbons (Fsp3) is 0.304. The zero-order chi connectivity index (χ0) is 22.1. The molecule has 1 amide bonds. The summed E-state index contributed by atoms with van der Waals surface area (Å²) in [5.41, 5.74) is 1.52. The smallest absolute Gasteiger partial charge is 0.305 e. The number of carbonyl (C=O) groups excluding carboxylic acids is 2. The van der Waals surface area contributed by atoms with Gasteiger partial charge in [-0.15, -0.1) is 0 Å². The van der Waals surface area contributed by atoms with E-state index in [4.69, 9.17) is 0 Å². The number of carbonyl (C=O) groups is 2. The summed E-state index contributed by atoms with van der Waals surface area (Å²) in [5, 5.41) is 6.47. The summed E-state index contributed by atoms with van der Waals surface area (Å²) < 4.78 is 4.61. The number of nitrogens with one attached hydrogen (secondary N) is 3. The molecule has 162 valence electrons. The Morgan fingerprint density at radius 3 is 2.68 bits per heavy atom. The zero-order valence-electron chi connectivity index (χ0n) is 17.4. The van der Waals surface area contributed by atoms with E-state index in [0.29, 0.717) is 41.1 Å². The first-order valence-electron chi connectivity index (χ1n) is 10.3. The van der Waals surface area contributed by atoms with E-state index < -0.39 is 0 Å². The molecule has 0 unspecified atom stereocenters. The minimum atomic E-state index is -0.228. The molecule has 1 heterocycles. The molecule has 3 aromatic rings. The SMILES string of the molecule is COC(=O)CCCCCCNC(=O)c1cccc(Nc2nc3ccccc3c(=O)[nH]2)c1. The molecule has 0 aliphatic carbocycles. The van der Waals surface area contributed by atoms with Crippen LogP contribution in [0.2, 0.25) is 0 Å². The third-order valence-corrected chi connectivity index (χ3v) is 4.82. The number of hydrogen-bond acceptors (Lipinski definition) is 6. The molecule has 0 aliphatic rings. The van der Waals surface area contributed by atoms with E-state index >= 15 is 0 Å². The van der Waals surface area contributed by atoms with Crippen molar-refractivity contribution < 1.29 is 14.3 Å². The summed E-state index contributed by atoms with van der Waals surface area (Å²) in [6.45, 7) is 0.564. The van der Waals surface area contributed by atoms with Crippen molar-refractivity contribution in [1.82, 2.24) is 15.3 Å². The van der Waals surface area contributed by atoms with E-state index in [1.54, 1.807) is 42.5 Å². The molecule has 3 rings (SSSR count). The number of rotatable bonds is 10. The number of amides is 1. The highest BCUT2D eigenvalue weighted by Crippen LogP contribution is 2.16. The lowest BCUT2D eigenvalue weighted by Gasteiger charge is -2.09. The first kappa shape index (κ1) is 22.0. The maximum absolute atomic E-state index is 12.4. The molecule has 0 bridgehead atoms. The number of anilines is 2. The van der Waals surface area contributed by atoms with Crippen molar-refractivity contribution in [1.29, 1.82) is 0 Å². The lowest BCUT2D eigenvalue weighted by Crippen LogP contribution is -2.24. The van der Waals surface area contributed by atoms with Gasteiger partial charge in [0.25, 0.3) is 11.5 Å². The maximum atomic E-state index is 12.4. The van der Waals surface area contributed by atoms with Gasteiger partial charge in [-0.3, -0.25) is 19.4 Å². The maximum Gasteiger partial charge on any atom is 0.305 e. The van der Waals surface area contributed by atoms with Crippen molar-refractivity contribution in [3.63, 3.8) is 0 Å². The van der Waals surface area contributed by atoms with Crippen LogP contribution in [0.15, 0.2) is 53.3 Å². The van der Waals surface area contributed by atoms with Crippen molar-refractivity contribution in [2.45, 2.75) is 32.1 Å². The fourth-order valence-electron chi connectivity index (χ4n) is 3.17. The number of aromatic amines is 1. The molecule has 0 fully saturated rings. The Labute approximate surface area is 180 Å². The summed E-state index contributed by atoms with van der Waals surface area (Å²) in [4.78, 5) is 42.8. The highest BCUT2D eigenvalue weighted by Gasteiger charge is 2.08. The summed E-state index contributed by atoms with van der Waals surface area (Å²) in [6, 6.07) is 14.1. The van der Waals surface area contributed by atoms with E-state index in [9.17, 15) is 14.4 Å². The second-order valence-electron chi connectivity index (χ2n) is 7.13. The Morgan fingerprint density at radius 2 is 1.84 bits per heavy atom. The summed E-state index contributed by atoms with van der Waals surface area (Å²) in [5.74, 6) is -0.0452. The van der Waals surface area contributed by atoms with Gasteiger partial charge in [-0.2, -0.15) is 0 Å². The van der Waals surface area contributed by atoms with E-state index in [2.05, 4.69) is 25.3 Å². The fourth-order valence-corrected chi connectivity index (χ4v) is 3.17. The Balaban J connectivity index is 1.51. The van der Waals surface area contributed by atoms with Crippen molar-refractivity contribution in [2.75, 3.05) is 19.0 Å². The van der Waals surface area contributed by atoms with E-state index in [-0.39, 0.29) is 17.4 Å². The van der Waals surface area contributed by atoms with Crippen LogP contribution >= 0.6 is 0 Å². The second-order valence-corrected chi connectivity index (χ2v) is 7.13. The van der Waals surface area contributed by atoms with Gasteiger partial charge >= 0.3 is 5.97 Å². The molecule has 1 aromatic heterocycles. The molecule has 0 aliphatic heterocycles. The topological polar surface area (TPSA) is 113 Å². The minimum Gasteiger partial charge on any atom is -0.469 e. The minimum absolute atomic E-state index is 0.168. The number of aromatic nitrogens is 2. The van der Waals surface area contributed by atoms with Crippen LogP contribution < -0.4 is 16.2 Å². The van der Waals surface area contributed by atoms with Crippen LogP contribution in [0.25, 0.3) is 10.9 Å². The molecule has 2 aromatic carbocycles. The van der Waals surface area contributed by atoms with Crippen LogP contribution in [0, 0.1) is 0 Å². The number of nitrogens with zero attached hydrogens (tertiary/aromatic N) is 1. The summed E-state index contributed by atoms with van der Waals surface area (Å²) in [7, 11) is 1.39. The third-order valence-electron chi connectivity index (χ3n) is 4.82.